The minimum atomic E-state index is -0.557. The van der Waals surface area contributed by atoms with E-state index in [-0.39, 0.29) is 0 Å². The molecule has 0 aliphatic rings. The molecule has 23 heavy (non-hydrogen) atoms. The molecule has 120 valence electrons. The van der Waals surface area contributed by atoms with Gasteiger partial charge in [-0.3, -0.25) is 4.90 Å². The van der Waals surface area contributed by atoms with Crippen molar-refractivity contribution in [1.29, 1.82) is 5.26 Å². The fraction of sp³-hybridized carbons (Fsp3) is 0.316. The van der Waals surface area contributed by atoms with Crippen LogP contribution in [0.3, 0.4) is 0 Å². The quantitative estimate of drug-likeness (QED) is 0.814. The molecule has 1 unspecified atom stereocenters. The van der Waals surface area contributed by atoms with Crippen LogP contribution in [0.15, 0.2) is 54.6 Å². The van der Waals surface area contributed by atoms with E-state index in [9.17, 15) is 5.11 Å². The van der Waals surface area contributed by atoms with Crippen LogP contribution in [0, 0.1) is 11.3 Å². The summed E-state index contributed by atoms with van der Waals surface area (Å²) < 4.78 is 5.55. The number of aliphatic hydroxyl groups is 1. The van der Waals surface area contributed by atoms with E-state index in [0.717, 1.165) is 11.1 Å². The van der Waals surface area contributed by atoms with Gasteiger partial charge in [-0.2, -0.15) is 5.26 Å². The van der Waals surface area contributed by atoms with Crippen molar-refractivity contribution < 1.29 is 9.84 Å². The molecule has 2 rings (SSSR count). The standard InChI is InChI=1S/C19H22N2O2/c1-21(12-18-10-6-5-9-17(18)11-20)13-19(22)15-23-14-16-7-3-2-4-8-16/h2-10,19,22H,12-15H2,1H3. The number of rotatable bonds is 8. The molecule has 0 spiro atoms. The van der Waals surface area contributed by atoms with Crippen molar-refractivity contribution in [3.8, 4) is 6.07 Å². The average Bonchev–Trinajstić information content (AvgIpc) is 2.56. The Kier molecular flexibility index (Phi) is 6.76. The zero-order chi connectivity index (χ0) is 16.5. The smallest absolute Gasteiger partial charge is 0.0995 e. The lowest BCUT2D eigenvalue weighted by Crippen LogP contribution is -2.32. The monoisotopic (exact) mass is 310 g/mol. The SMILES string of the molecule is CN(Cc1ccccc1C#N)CC(O)COCc1ccccc1. The predicted molar refractivity (Wildman–Crippen MR) is 89.6 cm³/mol. The number of nitriles is 1. The molecule has 0 saturated heterocycles. The second-order valence-corrected chi connectivity index (χ2v) is 5.62. The molecule has 0 saturated carbocycles. The third-order valence-corrected chi connectivity index (χ3v) is 3.52. The molecule has 0 aromatic heterocycles. The van der Waals surface area contributed by atoms with Gasteiger partial charge in [0.1, 0.15) is 0 Å². The highest BCUT2D eigenvalue weighted by Gasteiger charge is 2.10. The minimum absolute atomic E-state index is 0.291. The summed E-state index contributed by atoms with van der Waals surface area (Å²) in [6.07, 6.45) is -0.557. The summed E-state index contributed by atoms with van der Waals surface area (Å²) in [6.45, 7) is 1.91. The van der Waals surface area contributed by atoms with E-state index in [1.54, 1.807) is 0 Å². The summed E-state index contributed by atoms with van der Waals surface area (Å²) in [7, 11) is 1.93. The minimum Gasteiger partial charge on any atom is -0.389 e. The second-order valence-electron chi connectivity index (χ2n) is 5.62. The highest BCUT2D eigenvalue weighted by molar-refractivity contribution is 5.37. The van der Waals surface area contributed by atoms with Crippen LogP contribution in [0.1, 0.15) is 16.7 Å². The fourth-order valence-electron chi connectivity index (χ4n) is 2.42. The third kappa shape index (κ3) is 5.84. The van der Waals surface area contributed by atoms with Gasteiger partial charge in [0.15, 0.2) is 0 Å². The van der Waals surface area contributed by atoms with Crippen molar-refractivity contribution in [2.75, 3.05) is 20.2 Å². The van der Waals surface area contributed by atoms with E-state index in [4.69, 9.17) is 10.00 Å². The zero-order valence-corrected chi connectivity index (χ0v) is 13.4. The molecule has 0 amide bonds. The Hall–Kier alpha value is -2.19. The summed E-state index contributed by atoms with van der Waals surface area (Å²) in [4.78, 5) is 1.99. The third-order valence-electron chi connectivity index (χ3n) is 3.52. The molecular formula is C19H22N2O2. The van der Waals surface area contributed by atoms with Gasteiger partial charge in [0, 0.05) is 13.1 Å². The van der Waals surface area contributed by atoms with Crippen molar-refractivity contribution in [3.05, 3.63) is 71.3 Å². The van der Waals surface area contributed by atoms with Crippen LogP contribution in [-0.2, 0) is 17.9 Å². The van der Waals surface area contributed by atoms with Crippen LogP contribution in [0.4, 0.5) is 0 Å². The van der Waals surface area contributed by atoms with Crippen LogP contribution in [0.25, 0.3) is 0 Å². The van der Waals surface area contributed by atoms with E-state index < -0.39 is 6.10 Å². The van der Waals surface area contributed by atoms with Gasteiger partial charge >= 0.3 is 0 Å². The molecule has 4 heteroatoms. The van der Waals surface area contributed by atoms with Crippen molar-refractivity contribution in [3.63, 3.8) is 0 Å². The maximum Gasteiger partial charge on any atom is 0.0995 e. The van der Waals surface area contributed by atoms with Gasteiger partial charge in [-0.15, -0.1) is 0 Å². The number of hydrogen-bond acceptors (Lipinski definition) is 4. The number of nitrogens with zero attached hydrogens (tertiary/aromatic N) is 2. The summed E-state index contributed by atoms with van der Waals surface area (Å²) in [5.74, 6) is 0. The lowest BCUT2D eigenvalue weighted by Gasteiger charge is -2.21. The van der Waals surface area contributed by atoms with Crippen molar-refractivity contribution in [1.82, 2.24) is 4.90 Å². The van der Waals surface area contributed by atoms with E-state index in [1.165, 1.54) is 0 Å². The van der Waals surface area contributed by atoms with E-state index in [0.29, 0.717) is 31.9 Å². The summed E-state index contributed by atoms with van der Waals surface area (Å²) >= 11 is 0. The predicted octanol–water partition coefficient (Wildman–Crippen LogP) is 2.57. The molecule has 1 N–H and O–H groups in total. The van der Waals surface area contributed by atoms with Crippen LogP contribution in [-0.4, -0.2) is 36.3 Å². The first-order valence-electron chi connectivity index (χ1n) is 7.65. The van der Waals surface area contributed by atoms with E-state index in [2.05, 4.69) is 6.07 Å². The number of likely N-dealkylation sites (N-methyl/N-ethyl adjacent to an activating group) is 1. The van der Waals surface area contributed by atoms with Gasteiger partial charge < -0.3 is 9.84 Å². The Morgan fingerprint density at radius 3 is 2.57 bits per heavy atom. The van der Waals surface area contributed by atoms with E-state index in [1.807, 2.05) is 66.5 Å². The van der Waals surface area contributed by atoms with Crippen LogP contribution in [0.5, 0.6) is 0 Å². The van der Waals surface area contributed by atoms with Gasteiger partial charge in [-0.1, -0.05) is 48.5 Å². The summed E-state index contributed by atoms with van der Waals surface area (Å²) in [5.41, 5.74) is 2.74. The largest absolute Gasteiger partial charge is 0.389 e. The number of benzene rings is 2. The van der Waals surface area contributed by atoms with Crippen molar-refractivity contribution in [2.24, 2.45) is 0 Å². The molecule has 0 radical (unpaired) electrons. The van der Waals surface area contributed by atoms with Gasteiger partial charge in [0.25, 0.3) is 0 Å². The molecule has 0 heterocycles. The maximum absolute atomic E-state index is 10.1. The average molecular weight is 310 g/mol. The molecule has 0 aliphatic carbocycles. The van der Waals surface area contributed by atoms with Crippen LogP contribution >= 0.6 is 0 Å². The van der Waals surface area contributed by atoms with Crippen LogP contribution in [0.2, 0.25) is 0 Å². The molecule has 2 aromatic carbocycles. The van der Waals surface area contributed by atoms with Crippen molar-refractivity contribution in [2.45, 2.75) is 19.3 Å². The van der Waals surface area contributed by atoms with Gasteiger partial charge in [0.2, 0.25) is 0 Å². The Labute approximate surface area is 137 Å². The van der Waals surface area contributed by atoms with Crippen molar-refractivity contribution >= 4 is 0 Å². The lowest BCUT2D eigenvalue weighted by molar-refractivity contribution is 0.0127. The topological polar surface area (TPSA) is 56.5 Å². The van der Waals surface area contributed by atoms with Crippen LogP contribution < -0.4 is 0 Å². The Balaban J connectivity index is 1.74. The normalized spacial score (nSPS) is 12.1. The highest BCUT2D eigenvalue weighted by Crippen LogP contribution is 2.10. The second kappa shape index (κ2) is 9.06. The number of aliphatic hydroxyl groups excluding tert-OH is 1. The Bertz CT molecular complexity index is 637. The molecule has 1 atom stereocenters. The molecule has 0 aliphatic heterocycles. The Morgan fingerprint density at radius 1 is 1.13 bits per heavy atom. The molecule has 2 aromatic rings. The molecule has 0 fully saturated rings. The maximum atomic E-state index is 10.1. The van der Waals surface area contributed by atoms with Gasteiger partial charge in [-0.25, -0.2) is 0 Å². The van der Waals surface area contributed by atoms with Gasteiger partial charge in [-0.05, 0) is 24.2 Å². The highest BCUT2D eigenvalue weighted by atomic mass is 16.5. The van der Waals surface area contributed by atoms with E-state index >= 15 is 0 Å². The van der Waals surface area contributed by atoms with Gasteiger partial charge in [0.05, 0.1) is 31.0 Å². The first-order valence-corrected chi connectivity index (χ1v) is 7.65. The Morgan fingerprint density at radius 2 is 1.83 bits per heavy atom. The first kappa shape index (κ1) is 17.2. The molecule has 4 nitrogen and oxygen atoms in total. The molecule has 0 bridgehead atoms. The summed E-state index contributed by atoms with van der Waals surface area (Å²) in [5, 5.41) is 19.2. The fourth-order valence-corrected chi connectivity index (χ4v) is 2.42. The number of hydrogen-bond donors (Lipinski definition) is 1. The zero-order valence-electron chi connectivity index (χ0n) is 13.4. The summed E-state index contributed by atoms with van der Waals surface area (Å²) in [6, 6.07) is 19.6. The number of ether oxygens (including phenoxy) is 1. The molecular weight excluding hydrogens is 288 g/mol. The first-order chi connectivity index (χ1) is 11.2. The lowest BCUT2D eigenvalue weighted by atomic mass is 10.1.